The number of carbonyl (C=O) groups is 2. The number of hydrogen-bond donors (Lipinski definition) is 1. The maximum absolute atomic E-state index is 12.4. The predicted molar refractivity (Wildman–Crippen MR) is 120 cm³/mol. The lowest BCUT2D eigenvalue weighted by Gasteiger charge is -2.09. The van der Waals surface area contributed by atoms with Gasteiger partial charge in [0.15, 0.2) is 16.6 Å². The van der Waals surface area contributed by atoms with Gasteiger partial charge in [-0.05, 0) is 50.1 Å². The van der Waals surface area contributed by atoms with Crippen molar-refractivity contribution >= 4 is 45.7 Å². The third-order valence-electron chi connectivity index (χ3n) is 4.95. The summed E-state index contributed by atoms with van der Waals surface area (Å²) in [6, 6.07) is 15.8. The first-order valence-electron chi connectivity index (χ1n) is 9.67. The van der Waals surface area contributed by atoms with Crippen LogP contribution in [0.5, 0.6) is 0 Å². The van der Waals surface area contributed by atoms with Crippen LogP contribution in [-0.4, -0.2) is 32.0 Å². The molecule has 2 aromatic carbocycles. The van der Waals surface area contributed by atoms with Crippen LogP contribution in [0.1, 0.15) is 23.1 Å². The maximum atomic E-state index is 12.4. The zero-order valence-electron chi connectivity index (χ0n) is 17.1. The van der Waals surface area contributed by atoms with E-state index in [1.165, 1.54) is 11.8 Å². The molecular formula is C23H22N4O2S. The van der Waals surface area contributed by atoms with Crippen LogP contribution >= 0.6 is 11.8 Å². The molecule has 0 unspecified atom stereocenters. The third kappa shape index (κ3) is 4.07. The summed E-state index contributed by atoms with van der Waals surface area (Å²) in [5.74, 6) is -0.307. The minimum absolute atomic E-state index is 0.156. The normalized spacial score (nSPS) is 11.2. The molecule has 4 rings (SSSR count). The summed E-state index contributed by atoms with van der Waals surface area (Å²) >= 11 is 1.30. The Balaban J connectivity index is 1.44. The zero-order valence-corrected chi connectivity index (χ0v) is 17.9. The van der Waals surface area contributed by atoms with Gasteiger partial charge >= 0.3 is 0 Å². The maximum Gasteiger partial charge on any atom is 0.231 e. The molecule has 1 N–H and O–H groups in total. The fourth-order valence-corrected chi connectivity index (χ4v) is 4.30. The Morgan fingerprint density at radius 3 is 2.60 bits per heavy atom. The van der Waals surface area contributed by atoms with Gasteiger partial charge in [0.25, 0.3) is 0 Å². The number of aromatic nitrogens is 3. The quantitative estimate of drug-likeness (QED) is 0.369. The fourth-order valence-electron chi connectivity index (χ4n) is 3.49. The Morgan fingerprint density at radius 2 is 1.80 bits per heavy atom. The number of benzene rings is 2. The molecule has 0 aliphatic carbocycles. The van der Waals surface area contributed by atoms with Gasteiger partial charge in [-0.2, -0.15) is 0 Å². The van der Waals surface area contributed by atoms with Crippen LogP contribution in [0.3, 0.4) is 0 Å². The molecule has 2 aromatic heterocycles. The predicted octanol–water partition coefficient (Wildman–Crippen LogP) is 4.50. The van der Waals surface area contributed by atoms with Gasteiger partial charge in [0.05, 0.1) is 17.7 Å². The van der Waals surface area contributed by atoms with Gasteiger partial charge in [0.1, 0.15) is 0 Å². The second kappa shape index (κ2) is 8.28. The summed E-state index contributed by atoms with van der Waals surface area (Å²) in [7, 11) is 0. The number of thioether (sulfide) groups is 1. The number of amides is 1. The van der Waals surface area contributed by atoms with Crippen LogP contribution in [-0.2, 0) is 9.59 Å². The second-order valence-electron chi connectivity index (χ2n) is 7.39. The molecule has 0 aliphatic rings. The highest BCUT2D eigenvalue weighted by Crippen LogP contribution is 2.26. The van der Waals surface area contributed by atoms with Gasteiger partial charge in [-0.25, -0.2) is 0 Å². The molecule has 152 valence electrons. The lowest BCUT2D eigenvalue weighted by molar-refractivity contribution is -0.123. The van der Waals surface area contributed by atoms with E-state index in [0.717, 1.165) is 38.9 Å². The van der Waals surface area contributed by atoms with Crippen molar-refractivity contribution in [1.82, 2.24) is 14.6 Å². The van der Waals surface area contributed by atoms with Crippen LogP contribution < -0.4 is 5.32 Å². The highest BCUT2D eigenvalue weighted by Gasteiger charge is 2.15. The number of pyridine rings is 1. The number of carbonyl (C=O) groups excluding carboxylic acids is 2. The minimum atomic E-state index is -0.306. The Labute approximate surface area is 178 Å². The molecule has 30 heavy (non-hydrogen) atoms. The number of nitrogens with zero attached hydrogens (tertiary/aromatic N) is 3. The Kier molecular flexibility index (Phi) is 5.55. The van der Waals surface area contributed by atoms with Crippen LogP contribution in [0.25, 0.3) is 16.6 Å². The first kappa shape index (κ1) is 20.1. The topological polar surface area (TPSA) is 76.4 Å². The van der Waals surface area contributed by atoms with Gasteiger partial charge in [-0.1, -0.05) is 47.7 Å². The molecule has 0 radical (unpaired) electrons. The Morgan fingerprint density at radius 1 is 1.00 bits per heavy atom. The summed E-state index contributed by atoms with van der Waals surface area (Å²) in [4.78, 5) is 24.7. The van der Waals surface area contributed by atoms with E-state index in [-0.39, 0.29) is 23.9 Å². The number of fused-ring (bicyclic) bond motifs is 3. The third-order valence-corrected chi connectivity index (χ3v) is 5.94. The van der Waals surface area contributed by atoms with Gasteiger partial charge in [0, 0.05) is 11.1 Å². The number of hydrogen-bond acceptors (Lipinski definition) is 5. The van der Waals surface area contributed by atoms with Gasteiger partial charge < -0.3 is 5.32 Å². The van der Waals surface area contributed by atoms with Crippen molar-refractivity contribution < 1.29 is 9.59 Å². The first-order chi connectivity index (χ1) is 14.4. The van der Waals surface area contributed by atoms with E-state index in [2.05, 4.69) is 21.6 Å². The average Bonchev–Trinajstić information content (AvgIpc) is 3.11. The van der Waals surface area contributed by atoms with Crippen molar-refractivity contribution in [3.63, 3.8) is 0 Å². The van der Waals surface area contributed by atoms with Gasteiger partial charge in [-0.3, -0.25) is 14.0 Å². The van der Waals surface area contributed by atoms with E-state index >= 15 is 0 Å². The van der Waals surface area contributed by atoms with E-state index < -0.39 is 0 Å². The molecule has 0 spiro atoms. The van der Waals surface area contributed by atoms with Gasteiger partial charge in [0.2, 0.25) is 5.91 Å². The SMILES string of the molecule is Cc1ccc(NC(=O)CC(=O)CSc2nnc3cc(C)c4ccccc4n23)c(C)c1. The molecule has 4 aromatic rings. The lowest BCUT2D eigenvalue weighted by atomic mass is 10.1. The number of Topliss-reactive ketones (excluding diaryl/α,β-unsaturated/α-hetero) is 1. The molecule has 1 amide bonds. The zero-order chi connectivity index (χ0) is 21.3. The van der Waals surface area contributed by atoms with E-state index in [1.54, 1.807) is 0 Å². The number of rotatable bonds is 6. The lowest BCUT2D eigenvalue weighted by Crippen LogP contribution is -2.18. The second-order valence-corrected chi connectivity index (χ2v) is 8.33. The highest BCUT2D eigenvalue weighted by atomic mass is 32.2. The fraction of sp³-hybridized carbons (Fsp3) is 0.217. The summed E-state index contributed by atoms with van der Waals surface area (Å²) in [6.07, 6.45) is -0.170. The van der Waals surface area contributed by atoms with Crippen LogP contribution in [0.2, 0.25) is 0 Å². The van der Waals surface area contributed by atoms with E-state index in [4.69, 9.17) is 0 Å². The molecule has 0 saturated heterocycles. The summed E-state index contributed by atoms with van der Waals surface area (Å²) in [6.45, 7) is 5.97. The largest absolute Gasteiger partial charge is 0.325 e. The van der Waals surface area contributed by atoms with Crippen molar-refractivity contribution in [1.29, 1.82) is 0 Å². The van der Waals surface area contributed by atoms with E-state index in [1.807, 2.05) is 67.6 Å². The van der Waals surface area contributed by atoms with Crippen molar-refractivity contribution in [3.05, 3.63) is 65.2 Å². The molecule has 0 fully saturated rings. The van der Waals surface area contributed by atoms with Crippen LogP contribution in [0.15, 0.2) is 53.7 Å². The number of para-hydroxylation sites is 1. The summed E-state index contributed by atoms with van der Waals surface area (Å²) in [5.41, 5.74) is 5.70. The van der Waals surface area contributed by atoms with Crippen LogP contribution in [0, 0.1) is 20.8 Å². The number of aryl methyl sites for hydroxylation is 3. The number of anilines is 1. The molecule has 0 aliphatic heterocycles. The van der Waals surface area contributed by atoms with Crippen LogP contribution in [0.4, 0.5) is 5.69 Å². The van der Waals surface area contributed by atoms with Gasteiger partial charge in [-0.15, -0.1) is 10.2 Å². The average molecular weight is 419 g/mol. The minimum Gasteiger partial charge on any atom is -0.325 e. The van der Waals surface area contributed by atoms with E-state index in [0.29, 0.717) is 5.16 Å². The van der Waals surface area contributed by atoms with Crippen molar-refractivity contribution in [3.8, 4) is 0 Å². The molecule has 0 saturated carbocycles. The van der Waals surface area contributed by atoms with Crippen molar-refractivity contribution in [2.75, 3.05) is 11.1 Å². The molecule has 0 bridgehead atoms. The molecule has 6 nitrogen and oxygen atoms in total. The van der Waals surface area contributed by atoms with E-state index in [9.17, 15) is 9.59 Å². The summed E-state index contributed by atoms with van der Waals surface area (Å²) in [5, 5.41) is 13.1. The number of ketones is 1. The van der Waals surface area contributed by atoms with Crippen molar-refractivity contribution in [2.24, 2.45) is 0 Å². The first-order valence-corrected chi connectivity index (χ1v) is 10.7. The monoisotopic (exact) mass is 418 g/mol. The molecule has 0 atom stereocenters. The smallest absolute Gasteiger partial charge is 0.231 e. The molecule has 7 heteroatoms. The van der Waals surface area contributed by atoms with Crippen molar-refractivity contribution in [2.45, 2.75) is 32.3 Å². The summed E-state index contributed by atoms with van der Waals surface area (Å²) < 4.78 is 1.95. The standard InChI is InChI=1S/C23H22N4O2S/c1-14-8-9-19(16(3)10-14)24-22(29)12-17(28)13-30-23-26-25-21-11-15(2)18-6-4-5-7-20(18)27(21)23/h4-11H,12-13H2,1-3H3,(H,24,29). The molecular weight excluding hydrogens is 396 g/mol. The Hall–Kier alpha value is -3.19. The number of nitrogens with one attached hydrogen (secondary N) is 1. The molecule has 2 heterocycles. The highest BCUT2D eigenvalue weighted by molar-refractivity contribution is 7.99. The Bertz CT molecular complexity index is 1280.